The normalized spacial score (nSPS) is 14.5. The van der Waals surface area contributed by atoms with Crippen molar-refractivity contribution < 1.29 is 43.5 Å². The van der Waals surface area contributed by atoms with Crippen LogP contribution in [0, 0.1) is 10.1 Å². The molecule has 276 valence electrons. The molecule has 2 heterocycles. The second-order valence-corrected chi connectivity index (χ2v) is 13.7. The van der Waals surface area contributed by atoms with E-state index in [4.69, 9.17) is 61.6 Å². The molecule has 4 aromatic carbocycles. The fraction of sp³-hybridized carbons (Fsp3) is 0.278. The summed E-state index contributed by atoms with van der Waals surface area (Å²) in [5.41, 5.74) is 7.44. The second-order valence-electron chi connectivity index (χ2n) is 12.0. The van der Waals surface area contributed by atoms with E-state index in [0.717, 1.165) is 51.9 Å². The molecule has 0 aromatic heterocycles. The molecule has 2 saturated heterocycles. The summed E-state index contributed by atoms with van der Waals surface area (Å²) in [5, 5.41) is 24.1. The predicted molar refractivity (Wildman–Crippen MR) is 206 cm³/mol. The summed E-state index contributed by atoms with van der Waals surface area (Å²) in [6.07, 6.45) is 3.58. The Kier molecular flexibility index (Phi) is 16.0. The van der Waals surface area contributed by atoms with Crippen LogP contribution >= 0.6 is 46.4 Å². The Bertz CT molecular complexity index is 1930. The number of carbonyl (C=O) groups is 2. The molecular formula is C36H36Cl4N6O6Zn. The number of non-ortho nitro benzene ring substituents is 1. The Morgan fingerprint density at radius 3 is 1.53 bits per heavy atom. The van der Waals surface area contributed by atoms with E-state index >= 15 is 0 Å². The summed E-state index contributed by atoms with van der Waals surface area (Å²) in [7, 11) is 0. The van der Waals surface area contributed by atoms with Crippen LogP contribution in [0.4, 0.5) is 22.7 Å². The van der Waals surface area contributed by atoms with Gasteiger partial charge in [0.1, 0.15) is 23.7 Å². The number of nitro groups is 1. The summed E-state index contributed by atoms with van der Waals surface area (Å²) in [6, 6.07) is 18.6. The molecule has 2 fully saturated rings. The first-order valence-electron chi connectivity index (χ1n) is 16.4. The Balaban J connectivity index is 0.000000233. The number of carbonyl (C=O) groups excluding carboxylic acids is 2. The monoisotopic (exact) mass is 852 g/mol. The fourth-order valence-corrected chi connectivity index (χ4v) is 6.28. The first kappa shape index (κ1) is 42.1. The van der Waals surface area contributed by atoms with Gasteiger partial charge in [0, 0.05) is 47.3 Å². The van der Waals surface area contributed by atoms with Gasteiger partial charge in [0.25, 0.3) is 17.5 Å². The van der Waals surface area contributed by atoms with Crippen LogP contribution in [0.3, 0.4) is 0 Å². The molecule has 17 heteroatoms. The minimum absolute atomic E-state index is 0. The average Bonchev–Trinajstić information content (AvgIpc) is 3.13. The van der Waals surface area contributed by atoms with Gasteiger partial charge >= 0.3 is 0 Å². The van der Waals surface area contributed by atoms with Gasteiger partial charge in [0.15, 0.2) is 0 Å². The van der Waals surface area contributed by atoms with Crippen LogP contribution in [0.1, 0.15) is 46.4 Å². The summed E-state index contributed by atoms with van der Waals surface area (Å²) >= 11 is 24.3. The topological polar surface area (TPSA) is 170 Å². The van der Waals surface area contributed by atoms with Gasteiger partial charge in [-0.1, -0.05) is 46.4 Å². The summed E-state index contributed by atoms with van der Waals surface area (Å²) in [4.78, 5) is 35.7. The fourth-order valence-electron chi connectivity index (χ4n) is 5.48. The van der Waals surface area contributed by atoms with Gasteiger partial charge in [0.2, 0.25) is 0 Å². The Morgan fingerprint density at radius 1 is 0.679 bits per heavy atom. The molecule has 0 saturated carbocycles. The van der Waals surface area contributed by atoms with Crippen LogP contribution in [0.2, 0.25) is 20.1 Å². The molecule has 6 N–H and O–H groups in total. The van der Waals surface area contributed by atoms with Crippen molar-refractivity contribution in [3.05, 3.63) is 114 Å². The van der Waals surface area contributed by atoms with Gasteiger partial charge in [-0.15, -0.1) is 0 Å². The van der Waals surface area contributed by atoms with Gasteiger partial charge in [-0.3, -0.25) is 19.7 Å². The number of anilines is 3. The molecule has 0 aliphatic carbocycles. The van der Waals surface area contributed by atoms with Crippen LogP contribution < -0.4 is 36.5 Å². The van der Waals surface area contributed by atoms with Crippen molar-refractivity contribution in [2.24, 2.45) is 0 Å². The van der Waals surface area contributed by atoms with E-state index in [1.807, 2.05) is 0 Å². The third-order valence-corrected chi connectivity index (χ3v) is 9.28. The van der Waals surface area contributed by atoms with Gasteiger partial charge < -0.3 is 36.5 Å². The van der Waals surface area contributed by atoms with Crippen LogP contribution in [0.15, 0.2) is 72.8 Å². The van der Waals surface area contributed by atoms with Crippen molar-refractivity contribution in [2.45, 2.75) is 37.9 Å². The molecule has 0 unspecified atom stereocenters. The number of nitro benzene ring substituents is 1. The van der Waals surface area contributed by atoms with E-state index < -0.39 is 10.8 Å². The molecule has 2 amide bonds. The van der Waals surface area contributed by atoms with Crippen LogP contribution in [0.5, 0.6) is 11.5 Å². The first-order valence-corrected chi connectivity index (χ1v) is 17.9. The zero-order chi connectivity index (χ0) is 37.2. The number of hydrogen-bond acceptors (Lipinski definition) is 9. The Hall–Kier alpha value is -3.68. The number of nitrogens with zero attached hydrogens (tertiary/aromatic N) is 1. The van der Waals surface area contributed by atoms with Gasteiger partial charge in [-0.2, -0.15) is 0 Å². The molecule has 6 rings (SSSR count). The predicted octanol–water partition coefficient (Wildman–Crippen LogP) is 8.24. The molecule has 4 aromatic rings. The van der Waals surface area contributed by atoms with Crippen molar-refractivity contribution >= 4 is 81.0 Å². The standard InChI is InChI=1S/C18H17Cl2N3O4.C18H19Cl2N3O2.Zn/c19-11-1-4-17(27-13-5-7-21-8-6-13)14(9-11)18(24)22-16-3-2-12(23(25)26)10-15(16)20;19-11-1-4-17(25-13-5-7-22-8-6-13)14(9-11)18(24)23-16-3-2-12(21)10-15(16)20;/h1-4,9-10,13,21H,5-8H2,(H,22,24);1-4,9-10,13,22H,5-8,21H2,(H,23,24);. The minimum Gasteiger partial charge on any atom is -0.489 e. The van der Waals surface area contributed by atoms with Crippen molar-refractivity contribution in [3.63, 3.8) is 0 Å². The molecule has 53 heavy (non-hydrogen) atoms. The maximum atomic E-state index is 12.7. The number of halogens is 4. The minimum atomic E-state index is -0.556. The number of rotatable bonds is 9. The SMILES string of the molecule is Nc1ccc(NC(=O)c2cc(Cl)ccc2OC2CCNCC2)c(Cl)c1.O=C(Nc1ccc([N+](=O)[O-])cc1Cl)c1cc(Cl)ccc1OC1CCNCC1.[Zn]. The summed E-state index contributed by atoms with van der Waals surface area (Å²) in [6.45, 7) is 3.53. The molecule has 0 atom stereocenters. The van der Waals surface area contributed by atoms with Crippen molar-refractivity contribution in [1.29, 1.82) is 0 Å². The third kappa shape index (κ3) is 12.2. The van der Waals surface area contributed by atoms with Crippen molar-refractivity contribution in [1.82, 2.24) is 10.6 Å². The largest absolute Gasteiger partial charge is 0.489 e. The number of nitrogens with two attached hydrogens (primary N) is 1. The zero-order valence-corrected chi connectivity index (χ0v) is 34.4. The van der Waals surface area contributed by atoms with E-state index in [1.54, 1.807) is 48.5 Å². The van der Waals surface area contributed by atoms with Crippen molar-refractivity contribution in [3.8, 4) is 11.5 Å². The van der Waals surface area contributed by atoms with E-state index in [0.29, 0.717) is 43.5 Å². The van der Waals surface area contributed by atoms with E-state index in [1.165, 1.54) is 24.3 Å². The maximum absolute atomic E-state index is 12.7. The summed E-state index contributed by atoms with van der Waals surface area (Å²) in [5.74, 6) is 0.150. The number of ether oxygens (including phenoxy) is 2. The number of benzene rings is 4. The Labute approximate surface area is 339 Å². The van der Waals surface area contributed by atoms with E-state index in [2.05, 4.69) is 21.3 Å². The number of nitrogens with one attached hydrogen (secondary N) is 4. The van der Waals surface area contributed by atoms with Gasteiger partial charge in [-0.25, -0.2) is 0 Å². The smallest absolute Gasteiger partial charge is 0.271 e. The van der Waals surface area contributed by atoms with Crippen molar-refractivity contribution in [2.75, 3.05) is 42.5 Å². The number of amides is 2. The first-order chi connectivity index (χ1) is 25.0. The molecule has 2 aliphatic rings. The third-order valence-electron chi connectivity index (χ3n) is 8.19. The quantitative estimate of drug-likeness (QED) is 0.0482. The molecule has 12 nitrogen and oxygen atoms in total. The number of hydrogen-bond donors (Lipinski definition) is 5. The maximum Gasteiger partial charge on any atom is 0.271 e. The Morgan fingerprint density at radius 2 is 1.11 bits per heavy atom. The van der Waals surface area contributed by atoms with Crippen LogP contribution in [-0.2, 0) is 19.5 Å². The van der Waals surface area contributed by atoms with E-state index in [-0.39, 0.29) is 59.6 Å². The number of piperidine rings is 2. The van der Waals surface area contributed by atoms with Gasteiger partial charge in [-0.05, 0) is 113 Å². The summed E-state index contributed by atoms with van der Waals surface area (Å²) < 4.78 is 12.0. The van der Waals surface area contributed by atoms with Crippen LogP contribution in [-0.4, -0.2) is 55.1 Å². The molecule has 0 spiro atoms. The second kappa shape index (κ2) is 20.1. The molecule has 0 radical (unpaired) electrons. The number of nitrogen functional groups attached to an aromatic ring is 1. The van der Waals surface area contributed by atoms with Gasteiger partial charge in [0.05, 0.1) is 37.5 Å². The average molecular weight is 856 g/mol. The zero-order valence-electron chi connectivity index (χ0n) is 28.4. The molecule has 0 bridgehead atoms. The molecule has 2 aliphatic heterocycles. The van der Waals surface area contributed by atoms with Crippen LogP contribution in [0.25, 0.3) is 0 Å². The van der Waals surface area contributed by atoms with E-state index in [9.17, 15) is 19.7 Å². The molecular weight excluding hydrogens is 820 g/mol.